The molecule has 0 amide bonds. The zero-order valence-corrected chi connectivity index (χ0v) is 11.7. The van der Waals surface area contributed by atoms with Gasteiger partial charge in [-0.2, -0.15) is 0 Å². The number of benzene rings is 1. The summed E-state index contributed by atoms with van der Waals surface area (Å²) in [5.74, 6) is 0. The summed E-state index contributed by atoms with van der Waals surface area (Å²) in [6.07, 6.45) is 3.26. The number of thiophene rings is 1. The smallest absolute Gasteiger partial charge is 0.0674 e. The van der Waals surface area contributed by atoms with Crippen molar-refractivity contribution in [1.29, 1.82) is 0 Å². The Bertz CT molecular complexity index is 537. The molecule has 0 fully saturated rings. The molecular weight excluding hydrogens is 254 g/mol. The molecule has 1 aliphatic carbocycles. The van der Waals surface area contributed by atoms with Gasteiger partial charge in [-0.1, -0.05) is 30.3 Å². The fraction of sp³-hybridized carbons (Fsp3) is 0.375. The Morgan fingerprint density at radius 1 is 1.21 bits per heavy atom. The maximum Gasteiger partial charge on any atom is 0.0674 e. The highest BCUT2D eigenvalue weighted by Crippen LogP contribution is 2.35. The molecule has 1 heterocycles. The van der Waals surface area contributed by atoms with Gasteiger partial charge in [0.05, 0.1) is 12.1 Å². The number of aliphatic hydroxyl groups excluding tert-OH is 1. The SMILES string of the molecule is OC[C@]1(NCc2cccs2)CCCc2ccccc21. The van der Waals surface area contributed by atoms with Crippen molar-refractivity contribution in [2.24, 2.45) is 0 Å². The third kappa shape index (κ3) is 2.46. The first-order valence-electron chi connectivity index (χ1n) is 6.81. The molecule has 0 radical (unpaired) electrons. The molecule has 0 bridgehead atoms. The maximum absolute atomic E-state index is 9.96. The summed E-state index contributed by atoms with van der Waals surface area (Å²) < 4.78 is 0. The van der Waals surface area contributed by atoms with Crippen LogP contribution in [0.2, 0.25) is 0 Å². The molecule has 0 saturated heterocycles. The normalized spacial score (nSPS) is 22.2. The van der Waals surface area contributed by atoms with Crippen LogP contribution in [0.25, 0.3) is 0 Å². The molecule has 1 atom stereocenters. The van der Waals surface area contributed by atoms with Crippen LogP contribution >= 0.6 is 11.3 Å². The van der Waals surface area contributed by atoms with Gasteiger partial charge in [0, 0.05) is 11.4 Å². The summed E-state index contributed by atoms with van der Waals surface area (Å²) in [5, 5.41) is 15.7. The van der Waals surface area contributed by atoms with Gasteiger partial charge in [0.15, 0.2) is 0 Å². The highest BCUT2D eigenvalue weighted by Gasteiger charge is 2.35. The molecule has 1 aromatic heterocycles. The standard InChI is InChI=1S/C16H19NOS/c18-12-16(17-11-14-7-4-10-19-14)9-3-6-13-5-1-2-8-15(13)16/h1-2,4-5,7-8,10,17-18H,3,6,9,11-12H2/t16-/m1/s1. The monoisotopic (exact) mass is 273 g/mol. The van der Waals surface area contributed by atoms with Crippen molar-refractivity contribution in [3.63, 3.8) is 0 Å². The Morgan fingerprint density at radius 2 is 2.11 bits per heavy atom. The first kappa shape index (κ1) is 12.9. The molecular formula is C16H19NOS. The number of fused-ring (bicyclic) bond motifs is 1. The van der Waals surface area contributed by atoms with E-state index in [1.165, 1.54) is 16.0 Å². The number of hydrogen-bond acceptors (Lipinski definition) is 3. The van der Waals surface area contributed by atoms with E-state index in [-0.39, 0.29) is 12.1 Å². The number of rotatable bonds is 4. The Hall–Kier alpha value is -1.16. The van der Waals surface area contributed by atoms with Crippen LogP contribution in [0, 0.1) is 0 Å². The lowest BCUT2D eigenvalue weighted by molar-refractivity contribution is 0.140. The first-order valence-corrected chi connectivity index (χ1v) is 7.69. The molecule has 0 spiro atoms. The highest BCUT2D eigenvalue weighted by molar-refractivity contribution is 7.09. The molecule has 2 nitrogen and oxygen atoms in total. The van der Waals surface area contributed by atoms with Crippen molar-refractivity contribution >= 4 is 11.3 Å². The van der Waals surface area contributed by atoms with Gasteiger partial charge in [-0.15, -0.1) is 11.3 Å². The number of aryl methyl sites for hydroxylation is 1. The van der Waals surface area contributed by atoms with Gasteiger partial charge in [-0.05, 0) is 41.8 Å². The van der Waals surface area contributed by atoms with Crippen LogP contribution < -0.4 is 5.32 Å². The van der Waals surface area contributed by atoms with Crippen molar-refractivity contribution in [2.45, 2.75) is 31.3 Å². The van der Waals surface area contributed by atoms with Gasteiger partial charge in [-0.3, -0.25) is 0 Å². The van der Waals surface area contributed by atoms with Crippen LogP contribution in [0.3, 0.4) is 0 Å². The number of aliphatic hydroxyl groups is 1. The van der Waals surface area contributed by atoms with E-state index in [0.29, 0.717) is 0 Å². The van der Waals surface area contributed by atoms with E-state index >= 15 is 0 Å². The second-order valence-electron chi connectivity index (χ2n) is 5.18. The van der Waals surface area contributed by atoms with Gasteiger partial charge in [0.2, 0.25) is 0 Å². The van der Waals surface area contributed by atoms with Crippen molar-refractivity contribution in [2.75, 3.05) is 6.61 Å². The fourth-order valence-corrected chi connectivity index (χ4v) is 3.64. The van der Waals surface area contributed by atoms with E-state index in [1.54, 1.807) is 11.3 Å². The van der Waals surface area contributed by atoms with Crippen molar-refractivity contribution in [3.8, 4) is 0 Å². The summed E-state index contributed by atoms with van der Waals surface area (Å²) >= 11 is 1.76. The van der Waals surface area contributed by atoms with E-state index in [2.05, 4.69) is 47.1 Å². The van der Waals surface area contributed by atoms with Crippen LogP contribution in [-0.4, -0.2) is 11.7 Å². The molecule has 3 heteroatoms. The van der Waals surface area contributed by atoms with E-state index in [0.717, 1.165) is 25.8 Å². The first-order chi connectivity index (χ1) is 9.34. The van der Waals surface area contributed by atoms with E-state index in [1.807, 2.05) is 0 Å². The van der Waals surface area contributed by atoms with Crippen LogP contribution in [-0.2, 0) is 18.5 Å². The van der Waals surface area contributed by atoms with Gasteiger partial charge < -0.3 is 10.4 Å². The number of nitrogens with one attached hydrogen (secondary N) is 1. The Balaban J connectivity index is 1.87. The molecule has 0 saturated carbocycles. The van der Waals surface area contributed by atoms with Gasteiger partial charge in [0.1, 0.15) is 0 Å². The Labute approximate surface area is 118 Å². The average Bonchev–Trinajstić information content (AvgIpc) is 2.98. The van der Waals surface area contributed by atoms with Gasteiger partial charge in [0.25, 0.3) is 0 Å². The second kappa shape index (κ2) is 5.45. The molecule has 1 aliphatic rings. The van der Waals surface area contributed by atoms with Crippen LogP contribution in [0.4, 0.5) is 0 Å². The molecule has 19 heavy (non-hydrogen) atoms. The summed E-state index contributed by atoms with van der Waals surface area (Å²) in [6.45, 7) is 0.988. The third-order valence-corrected chi connectivity index (χ3v) is 4.91. The molecule has 2 N–H and O–H groups in total. The summed E-state index contributed by atoms with van der Waals surface area (Å²) in [5.41, 5.74) is 2.39. The molecule has 0 aliphatic heterocycles. The third-order valence-electron chi connectivity index (χ3n) is 4.03. The van der Waals surface area contributed by atoms with Crippen molar-refractivity contribution in [3.05, 3.63) is 57.8 Å². The highest BCUT2D eigenvalue weighted by atomic mass is 32.1. The largest absolute Gasteiger partial charge is 0.394 e. The minimum Gasteiger partial charge on any atom is -0.394 e. The predicted molar refractivity (Wildman–Crippen MR) is 79.3 cm³/mol. The summed E-state index contributed by atoms with van der Waals surface area (Å²) in [6, 6.07) is 12.7. The molecule has 1 aromatic carbocycles. The fourth-order valence-electron chi connectivity index (χ4n) is 2.99. The van der Waals surface area contributed by atoms with E-state index in [4.69, 9.17) is 0 Å². The zero-order chi connectivity index (χ0) is 13.1. The maximum atomic E-state index is 9.96. The van der Waals surface area contributed by atoms with Crippen molar-refractivity contribution in [1.82, 2.24) is 5.32 Å². The molecule has 3 rings (SSSR count). The quantitative estimate of drug-likeness (QED) is 0.897. The van der Waals surface area contributed by atoms with E-state index < -0.39 is 0 Å². The minimum atomic E-state index is -0.265. The van der Waals surface area contributed by atoms with E-state index in [9.17, 15) is 5.11 Å². The molecule has 2 aromatic rings. The topological polar surface area (TPSA) is 32.3 Å². The minimum absolute atomic E-state index is 0.162. The zero-order valence-electron chi connectivity index (χ0n) is 10.9. The lowest BCUT2D eigenvalue weighted by Gasteiger charge is -2.38. The predicted octanol–water partition coefficient (Wildman–Crippen LogP) is 3.06. The van der Waals surface area contributed by atoms with Crippen LogP contribution in [0.15, 0.2) is 41.8 Å². The summed E-state index contributed by atoms with van der Waals surface area (Å²) in [4.78, 5) is 1.32. The lowest BCUT2D eigenvalue weighted by atomic mass is 9.77. The Kier molecular flexibility index (Phi) is 3.69. The lowest BCUT2D eigenvalue weighted by Crippen LogP contribution is -2.47. The molecule has 100 valence electrons. The second-order valence-corrected chi connectivity index (χ2v) is 6.22. The van der Waals surface area contributed by atoms with Crippen molar-refractivity contribution < 1.29 is 5.11 Å². The van der Waals surface area contributed by atoms with Gasteiger partial charge in [-0.25, -0.2) is 0 Å². The Morgan fingerprint density at radius 3 is 2.89 bits per heavy atom. The number of hydrogen-bond donors (Lipinski definition) is 2. The average molecular weight is 273 g/mol. The van der Waals surface area contributed by atoms with Crippen LogP contribution in [0.5, 0.6) is 0 Å². The molecule has 0 unspecified atom stereocenters. The summed E-state index contributed by atoms with van der Waals surface area (Å²) in [7, 11) is 0. The van der Waals surface area contributed by atoms with Gasteiger partial charge >= 0.3 is 0 Å². The van der Waals surface area contributed by atoms with Crippen LogP contribution in [0.1, 0.15) is 28.8 Å².